The van der Waals surface area contributed by atoms with E-state index in [9.17, 15) is 22.4 Å². The molecule has 0 fully saturated rings. The first-order chi connectivity index (χ1) is 19.0. The molecule has 2 atom stereocenters. The molecule has 3 rings (SSSR count). The molecule has 0 saturated carbocycles. The Morgan fingerprint density at radius 2 is 1.57 bits per heavy atom. The summed E-state index contributed by atoms with van der Waals surface area (Å²) in [5, 5.41) is 3.24. The predicted octanol–water partition coefficient (Wildman–Crippen LogP) is 6.05. The normalized spacial score (nSPS) is 12.8. The number of carbonyl (C=O) groups is 2. The zero-order chi connectivity index (χ0) is 29.4. The van der Waals surface area contributed by atoms with E-state index >= 15 is 0 Å². The summed E-state index contributed by atoms with van der Waals surface area (Å²) in [6, 6.07) is 16.5. The molecular formula is C29H32Cl2FN3O4S. The van der Waals surface area contributed by atoms with E-state index in [4.69, 9.17) is 23.2 Å². The van der Waals surface area contributed by atoms with Crippen molar-refractivity contribution in [2.24, 2.45) is 0 Å². The third kappa shape index (κ3) is 7.74. The molecule has 0 aliphatic heterocycles. The molecule has 3 aromatic carbocycles. The lowest BCUT2D eigenvalue weighted by atomic mass is 10.1. The highest BCUT2D eigenvalue weighted by molar-refractivity contribution is 7.92. The fourth-order valence-electron chi connectivity index (χ4n) is 4.04. The fraction of sp³-hybridized carbons (Fsp3) is 0.310. The summed E-state index contributed by atoms with van der Waals surface area (Å²) < 4.78 is 42.1. The zero-order valence-corrected chi connectivity index (χ0v) is 24.8. The van der Waals surface area contributed by atoms with Crippen molar-refractivity contribution in [3.63, 3.8) is 0 Å². The van der Waals surface area contributed by atoms with Gasteiger partial charge in [0, 0.05) is 12.6 Å². The Bertz CT molecular complexity index is 1420. The molecule has 0 unspecified atom stereocenters. The standard InChI is InChI=1S/C29H32Cl2FN3O4S/c1-4-20(3)33-29(37)27(5-2)34(18-21-11-13-22(32)14-12-21)28(36)19-35(23-15-16-25(30)26(31)17-23)40(38,39)24-9-7-6-8-10-24/h6-17,20,27H,4-5,18-19H2,1-3H3,(H,33,37)/t20-,27-/m0/s1. The molecule has 1 N–H and O–H groups in total. The first-order valence-electron chi connectivity index (χ1n) is 12.8. The molecule has 0 saturated heterocycles. The average molecular weight is 609 g/mol. The number of anilines is 1. The molecule has 3 aromatic rings. The molecule has 2 amide bonds. The van der Waals surface area contributed by atoms with Crippen molar-refractivity contribution in [3.8, 4) is 0 Å². The lowest BCUT2D eigenvalue weighted by molar-refractivity contribution is -0.140. The highest BCUT2D eigenvalue weighted by Crippen LogP contribution is 2.31. The van der Waals surface area contributed by atoms with Gasteiger partial charge in [0.2, 0.25) is 11.8 Å². The van der Waals surface area contributed by atoms with Crippen LogP contribution in [0, 0.1) is 5.82 Å². The summed E-state index contributed by atoms with van der Waals surface area (Å²) in [7, 11) is -4.23. The monoisotopic (exact) mass is 607 g/mol. The minimum atomic E-state index is -4.23. The van der Waals surface area contributed by atoms with Crippen molar-refractivity contribution in [1.29, 1.82) is 0 Å². The number of nitrogens with one attached hydrogen (secondary N) is 1. The van der Waals surface area contributed by atoms with E-state index in [1.165, 1.54) is 59.5 Å². The van der Waals surface area contributed by atoms with E-state index in [0.29, 0.717) is 12.0 Å². The van der Waals surface area contributed by atoms with Crippen LogP contribution in [0.15, 0.2) is 77.7 Å². The number of amides is 2. The van der Waals surface area contributed by atoms with Crippen molar-refractivity contribution in [2.75, 3.05) is 10.8 Å². The summed E-state index contributed by atoms with van der Waals surface area (Å²) >= 11 is 12.3. The average Bonchev–Trinajstić information content (AvgIpc) is 2.94. The second kappa shape index (κ2) is 14.0. The Kier molecular flexibility index (Phi) is 11.0. The first kappa shape index (κ1) is 31.4. The van der Waals surface area contributed by atoms with Gasteiger partial charge in [0.1, 0.15) is 18.4 Å². The lowest BCUT2D eigenvalue weighted by Gasteiger charge is -2.33. The molecule has 0 spiro atoms. The van der Waals surface area contributed by atoms with Gasteiger partial charge in [0.05, 0.1) is 20.6 Å². The van der Waals surface area contributed by atoms with Crippen LogP contribution in [0.25, 0.3) is 0 Å². The SMILES string of the molecule is CC[C@H](C)NC(=O)[C@H](CC)N(Cc1ccc(F)cc1)C(=O)CN(c1ccc(Cl)c(Cl)c1)S(=O)(=O)c1ccccc1. The van der Waals surface area contributed by atoms with Gasteiger partial charge < -0.3 is 10.2 Å². The van der Waals surface area contributed by atoms with Crippen LogP contribution in [-0.2, 0) is 26.2 Å². The maximum Gasteiger partial charge on any atom is 0.264 e. The van der Waals surface area contributed by atoms with Crippen LogP contribution >= 0.6 is 23.2 Å². The number of halogens is 3. The predicted molar refractivity (Wildman–Crippen MR) is 156 cm³/mol. The molecule has 214 valence electrons. The van der Waals surface area contributed by atoms with Crippen molar-refractivity contribution in [2.45, 2.75) is 57.1 Å². The second-order valence-electron chi connectivity index (χ2n) is 9.31. The molecule has 0 aliphatic carbocycles. The molecule has 7 nitrogen and oxygen atoms in total. The topological polar surface area (TPSA) is 86.8 Å². The second-order valence-corrected chi connectivity index (χ2v) is 12.0. The van der Waals surface area contributed by atoms with E-state index in [-0.39, 0.29) is 45.5 Å². The van der Waals surface area contributed by atoms with Gasteiger partial charge in [-0.3, -0.25) is 13.9 Å². The van der Waals surface area contributed by atoms with Crippen LogP contribution in [0.3, 0.4) is 0 Å². The fourth-order valence-corrected chi connectivity index (χ4v) is 5.76. The maximum absolute atomic E-state index is 14.0. The minimum Gasteiger partial charge on any atom is -0.352 e. The number of rotatable bonds is 12. The molecule has 11 heteroatoms. The maximum atomic E-state index is 14.0. The summed E-state index contributed by atoms with van der Waals surface area (Å²) in [5.41, 5.74) is 0.710. The minimum absolute atomic E-state index is 0.0273. The molecule has 0 aliphatic rings. The van der Waals surface area contributed by atoms with Gasteiger partial charge in [-0.05, 0) is 67.8 Å². The van der Waals surface area contributed by atoms with Gasteiger partial charge in [-0.1, -0.05) is 67.4 Å². The van der Waals surface area contributed by atoms with E-state index in [2.05, 4.69) is 5.32 Å². The lowest BCUT2D eigenvalue weighted by Crippen LogP contribution is -2.53. The van der Waals surface area contributed by atoms with Crippen LogP contribution in [-0.4, -0.2) is 43.8 Å². The molecule has 0 heterocycles. The van der Waals surface area contributed by atoms with Crippen molar-refractivity contribution in [3.05, 3.63) is 94.2 Å². The van der Waals surface area contributed by atoms with E-state index in [1.54, 1.807) is 25.1 Å². The van der Waals surface area contributed by atoms with Gasteiger partial charge in [-0.2, -0.15) is 0 Å². The molecule has 0 radical (unpaired) electrons. The van der Waals surface area contributed by atoms with Crippen LogP contribution in [0.2, 0.25) is 10.0 Å². The van der Waals surface area contributed by atoms with Gasteiger partial charge in [-0.15, -0.1) is 0 Å². The van der Waals surface area contributed by atoms with Crippen LogP contribution < -0.4 is 9.62 Å². The third-order valence-electron chi connectivity index (χ3n) is 6.45. The number of hydrogen-bond donors (Lipinski definition) is 1. The largest absolute Gasteiger partial charge is 0.352 e. The van der Waals surface area contributed by atoms with Crippen LogP contribution in [0.5, 0.6) is 0 Å². The smallest absolute Gasteiger partial charge is 0.264 e. The third-order valence-corrected chi connectivity index (χ3v) is 8.98. The van der Waals surface area contributed by atoms with Crippen LogP contribution in [0.1, 0.15) is 39.2 Å². The number of nitrogens with zero attached hydrogens (tertiary/aromatic N) is 2. The first-order valence-corrected chi connectivity index (χ1v) is 15.0. The van der Waals surface area contributed by atoms with Crippen molar-refractivity contribution >= 4 is 50.7 Å². The highest BCUT2D eigenvalue weighted by Gasteiger charge is 2.34. The number of benzene rings is 3. The Labute approximate surface area is 244 Å². The Morgan fingerprint density at radius 3 is 2.15 bits per heavy atom. The van der Waals surface area contributed by atoms with Gasteiger partial charge in [0.25, 0.3) is 10.0 Å². The van der Waals surface area contributed by atoms with Gasteiger partial charge in [0.15, 0.2) is 0 Å². The van der Waals surface area contributed by atoms with E-state index in [1.807, 2.05) is 13.8 Å². The number of carbonyl (C=O) groups excluding carboxylic acids is 2. The molecule has 0 bridgehead atoms. The Morgan fingerprint density at radius 1 is 0.925 bits per heavy atom. The van der Waals surface area contributed by atoms with Crippen molar-refractivity contribution < 1.29 is 22.4 Å². The summed E-state index contributed by atoms with van der Waals surface area (Å²) in [6.07, 6.45) is 0.960. The molecule has 40 heavy (non-hydrogen) atoms. The Hall–Kier alpha value is -3.14. The number of sulfonamides is 1. The van der Waals surface area contributed by atoms with Gasteiger partial charge >= 0.3 is 0 Å². The quantitative estimate of drug-likeness (QED) is 0.271. The summed E-state index contributed by atoms with van der Waals surface area (Å²) in [6.45, 7) is 4.89. The summed E-state index contributed by atoms with van der Waals surface area (Å²) in [4.78, 5) is 28.6. The van der Waals surface area contributed by atoms with Gasteiger partial charge in [-0.25, -0.2) is 12.8 Å². The van der Waals surface area contributed by atoms with Crippen LogP contribution in [0.4, 0.5) is 10.1 Å². The summed E-state index contributed by atoms with van der Waals surface area (Å²) in [5.74, 6) is -1.43. The van der Waals surface area contributed by atoms with E-state index < -0.39 is 34.3 Å². The zero-order valence-electron chi connectivity index (χ0n) is 22.5. The number of hydrogen-bond acceptors (Lipinski definition) is 4. The Balaban J connectivity index is 2.06. The van der Waals surface area contributed by atoms with Crippen molar-refractivity contribution in [1.82, 2.24) is 10.2 Å². The highest BCUT2D eigenvalue weighted by atomic mass is 35.5. The molecular weight excluding hydrogens is 576 g/mol. The molecule has 0 aromatic heterocycles. The van der Waals surface area contributed by atoms with E-state index in [0.717, 1.165) is 4.31 Å².